The summed E-state index contributed by atoms with van der Waals surface area (Å²) < 4.78 is 0. The van der Waals surface area contributed by atoms with Crippen molar-refractivity contribution in [3.63, 3.8) is 0 Å². The molecule has 7 heteroatoms. The van der Waals surface area contributed by atoms with Crippen LogP contribution in [-0.2, 0) is 16.1 Å². The average Bonchev–Trinajstić information content (AvgIpc) is 2.35. The van der Waals surface area contributed by atoms with Gasteiger partial charge in [0.15, 0.2) is 0 Å². The summed E-state index contributed by atoms with van der Waals surface area (Å²) in [5.41, 5.74) is 6.66. The number of carbonyl (C=O) groups is 1. The summed E-state index contributed by atoms with van der Waals surface area (Å²) in [6.07, 6.45) is 0.419. The second kappa shape index (κ2) is 7.23. The minimum Gasteiger partial charge on any atom is -0.353 e. The number of nitrogens with zero attached hydrogens (tertiary/aromatic N) is 1. The lowest BCUT2D eigenvalue weighted by Gasteiger charge is -2.11. The highest BCUT2D eigenvalue weighted by atomic mass is 16.9. The van der Waals surface area contributed by atoms with Gasteiger partial charge in [-0.25, -0.2) is 0 Å². The maximum absolute atomic E-state index is 11.5. The second-order valence-corrected chi connectivity index (χ2v) is 3.64. The Morgan fingerprint density at radius 1 is 1.44 bits per heavy atom. The first-order valence-electron chi connectivity index (χ1n) is 5.44. The number of hydrogen-bond donors (Lipinski definition) is 2. The van der Waals surface area contributed by atoms with E-state index in [1.165, 1.54) is 0 Å². The number of rotatable bonds is 7. The van der Waals surface area contributed by atoms with E-state index in [2.05, 4.69) is 10.2 Å². The van der Waals surface area contributed by atoms with E-state index in [1.54, 1.807) is 0 Å². The molecule has 1 atom stereocenters. The summed E-state index contributed by atoms with van der Waals surface area (Å²) >= 11 is 0. The molecule has 1 aromatic carbocycles. The van der Waals surface area contributed by atoms with Crippen molar-refractivity contribution < 1.29 is 14.7 Å². The van der Waals surface area contributed by atoms with Crippen molar-refractivity contribution in [2.75, 3.05) is 13.2 Å². The van der Waals surface area contributed by atoms with Crippen molar-refractivity contribution >= 4 is 5.91 Å². The van der Waals surface area contributed by atoms with Crippen LogP contribution in [0.4, 0.5) is 0 Å². The molecule has 0 spiro atoms. The molecule has 0 bridgehead atoms. The van der Waals surface area contributed by atoms with Crippen LogP contribution in [0.2, 0.25) is 0 Å². The number of hydrogen-bond acceptors (Lipinski definition) is 5. The fraction of sp³-hybridized carbons (Fsp3) is 0.364. The predicted octanol–water partition coefficient (Wildman–Crippen LogP) is -0.119. The quantitative estimate of drug-likeness (QED) is 0.400. The highest BCUT2D eigenvalue weighted by Gasteiger charge is 2.13. The fourth-order valence-corrected chi connectivity index (χ4v) is 1.39. The molecule has 0 saturated carbocycles. The van der Waals surface area contributed by atoms with Gasteiger partial charge in [0.1, 0.15) is 6.61 Å². The number of nitrogens with two attached hydrogens (primary N) is 1. The molecule has 0 aliphatic heterocycles. The maximum Gasteiger partial charge on any atom is 0.294 e. The zero-order chi connectivity index (χ0) is 13.4. The molecule has 1 rings (SSSR count). The molecule has 0 aromatic heterocycles. The zero-order valence-electron chi connectivity index (χ0n) is 9.74. The number of carbonyl (C=O) groups excluding carboxylic acids is 1. The molecule has 1 amide bonds. The van der Waals surface area contributed by atoms with Gasteiger partial charge in [0, 0.05) is 6.54 Å². The predicted molar refractivity (Wildman–Crippen MR) is 64.1 cm³/mol. The van der Waals surface area contributed by atoms with Crippen molar-refractivity contribution in [1.29, 1.82) is 0 Å². The van der Waals surface area contributed by atoms with Crippen LogP contribution in [-0.4, -0.2) is 30.2 Å². The molecule has 0 fully saturated rings. The first-order valence-corrected chi connectivity index (χ1v) is 5.44. The number of nitrogens with one attached hydrogen (secondary N) is 1. The van der Waals surface area contributed by atoms with Gasteiger partial charge >= 0.3 is 0 Å². The first-order chi connectivity index (χ1) is 8.59. The Kier molecular flexibility index (Phi) is 5.59. The molecule has 98 valence electrons. The Morgan fingerprint density at radius 2 is 2.11 bits per heavy atom. The number of amides is 1. The summed E-state index contributed by atoms with van der Waals surface area (Å²) in [5.74, 6) is -0.356. The summed E-state index contributed by atoms with van der Waals surface area (Å²) in [6, 6.07) is 8.69. The van der Waals surface area contributed by atoms with E-state index < -0.39 is 11.1 Å². The van der Waals surface area contributed by atoms with Crippen LogP contribution in [0.5, 0.6) is 0 Å². The van der Waals surface area contributed by atoms with Crippen LogP contribution < -0.4 is 11.1 Å². The zero-order valence-corrected chi connectivity index (χ0v) is 9.74. The Bertz CT molecular complexity index is 397. The van der Waals surface area contributed by atoms with Crippen LogP contribution in [0.15, 0.2) is 30.3 Å². The molecule has 0 aliphatic carbocycles. The molecule has 0 saturated heterocycles. The van der Waals surface area contributed by atoms with Gasteiger partial charge in [-0.2, -0.15) is 0 Å². The normalized spacial score (nSPS) is 11.6. The van der Waals surface area contributed by atoms with Crippen molar-refractivity contribution in [3.8, 4) is 0 Å². The molecule has 0 aliphatic rings. The van der Waals surface area contributed by atoms with Crippen LogP contribution in [0.1, 0.15) is 5.56 Å². The summed E-state index contributed by atoms with van der Waals surface area (Å²) in [4.78, 5) is 25.5. The summed E-state index contributed by atoms with van der Waals surface area (Å²) in [5, 5.41) is 11.4. The average molecular weight is 253 g/mol. The van der Waals surface area contributed by atoms with E-state index >= 15 is 0 Å². The van der Waals surface area contributed by atoms with Crippen LogP contribution in [0.25, 0.3) is 0 Å². The van der Waals surface area contributed by atoms with Gasteiger partial charge in [-0.1, -0.05) is 30.3 Å². The Balaban J connectivity index is 2.27. The SMILES string of the molecule is N[C@@H](Cc1ccccc1)C(=O)NCCO[N+](=O)[O-]. The molecular weight excluding hydrogens is 238 g/mol. The Labute approximate surface area is 104 Å². The molecule has 18 heavy (non-hydrogen) atoms. The highest BCUT2D eigenvalue weighted by molar-refractivity contribution is 5.81. The van der Waals surface area contributed by atoms with Crippen LogP contribution >= 0.6 is 0 Å². The van der Waals surface area contributed by atoms with Crippen molar-refractivity contribution in [1.82, 2.24) is 5.32 Å². The van der Waals surface area contributed by atoms with E-state index in [0.717, 1.165) is 5.56 Å². The Hall–Kier alpha value is -2.15. The standard InChI is InChI=1S/C11H15N3O4/c12-10(8-9-4-2-1-3-5-9)11(15)13-6-7-18-14(16)17/h1-5,10H,6-8,12H2,(H,13,15)/t10-/m0/s1. The molecule has 0 radical (unpaired) electrons. The monoisotopic (exact) mass is 253 g/mol. The second-order valence-electron chi connectivity index (χ2n) is 3.64. The van der Waals surface area contributed by atoms with Gasteiger partial charge < -0.3 is 15.9 Å². The lowest BCUT2D eigenvalue weighted by molar-refractivity contribution is -0.757. The highest BCUT2D eigenvalue weighted by Crippen LogP contribution is 2.01. The topological polar surface area (TPSA) is 107 Å². The summed E-state index contributed by atoms with van der Waals surface area (Å²) in [6.45, 7) is -0.126. The third kappa shape index (κ3) is 5.26. The Morgan fingerprint density at radius 3 is 2.72 bits per heavy atom. The van der Waals surface area contributed by atoms with E-state index in [4.69, 9.17) is 5.73 Å². The van der Waals surface area contributed by atoms with Crippen molar-refractivity contribution in [2.24, 2.45) is 5.73 Å². The van der Waals surface area contributed by atoms with E-state index in [-0.39, 0.29) is 19.1 Å². The van der Waals surface area contributed by atoms with E-state index in [0.29, 0.717) is 6.42 Å². The summed E-state index contributed by atoms with van der Waals surface area (Å²) in [7, 11) is 0. The van der Waals surface area contributed by atoms with Gasteiger partial charge in [-0.15, -0.1) is 10.1 Å². The molecular formula is C11H15N3O4. The van der Waals surface area contributed by atoms with E-state index in [9.17, 15) is 14.9 Å². The van der Waals surface area contributed by atoms with Gasteiger partial charge in [0.25, 0.3) is 5.09 Å². The van der Waals surface area contributed by atoms with Gasteiger partial charge in [0.2, 0.25) is 5.91 Å². The molecule has 0 unspecified atom stereocenters. The third-order valence-corrected chi connectivity index (χ3v) is 2.23. The number of benzene rings is 1. The molecule has 1 aromatic rings. The first kappa shape index (κ1) is 13.9. The molecule has 3 N–H and O–H groups in total. The van der Waals surface area contributed by atoms with Gasteiger partial charge in [-0.3, -0.25) is 4.79 Å². The lowest BCUT2D eigenvalue weighted by Crippen LogP contribution is -2.43. The lowest BCUT2D eigenvalue weighted by atomic mass is 10.1. The van der Waals surface area contributed by atoms with Crippen molar-refractivity contribution in [2.45, 2.75) is 12.5 Å². The van der Waals surface area contributed by atoms with Crippen LogP contribution in [0.3, 0.4) is 0 Å². The van der Waals surface area contributed by atoms with E-state index in [1.807, 2.05) is 30.3 Å². The van der Waals surface area contributed by atoms with Crippen molar-refractivity contribution in [3.05, 3.63) is 46.0 Å². The smallest absolute Gasteiger partial charge is 0.294 e. The molecule has 7 nitrogen and oxygen atoms in total. The maximum atomic E-state index is 11.5. The minimum atomic E-state index is -0.907. The minimum absolute atomic E-state index is 0.0578. The van der Waals surface area contributed by atoms with Gasteiger partial charge in [-0.05, 0) is 12.0 Å². The fourth-order valence-electron chi connectivity index (χ4n) is 1.39. The molecule has 0 heterocycles. The third-order valence-electron chi connectivity index (χ3n) is 2.23. The largest absolute Gasteiger partial charge is 0.353 e. The van der Waals surface area contributed by atoms with Gasteiger partial charge in [0.05, 0.1) is 6.04 Å². The van der Waals surface area contributed by atoms with Crippen LogP contribution in [0, 0.1) is 10.1 Å².